The molecule has 0 aromatic heterocycles. The first-order valence-corrected chi connectivity index (χ1v) is 11.4. The Kier molecular flexibility index (Phi) is 5.15. The van der Waals surface area contributed by atoms with Crippen molar-refractivity contribution in [3.8, 4) is 11.1 Å². The molecule has 5 rings (SSSR count). The highest BCUT2D eigenvalue weighted by Gasteiger charge is 2.50. The van der Waals surface area contributed by atoms with E-state index < -0.39 is 23.7 Å². The lowest BCUT2D eigenvalue weighted by atomic mass is 9.98. The summed E-state index contributed by atoms with van der Waals surface area (Å²) < 4.78 is 11.1. The molecule has 7 heteroatoms. The Balaban J connectivity index is 1.21. The molecule has 7 nitrogen and oxygen atoms in total. The summed E-state index contributed by atoms with van der Waals surface area (Å²) >= 11 is 0. The zero-order chi connectivity index (χ0) is 23.3. The van der Waals surface area contributed by atoms with Crippen LogP contribution in [0.5, 0.6) is 0 Å². The van der Waals surface area contributed by atoms with E-state index in [1.54, 1.807) is 25.7 Å². The third kappa shape index (κ3) is 3.86. The topological polar surface area (TPSA) is 76.2 Å². The first kappa shape index (κ1) is 21.5. The number of amides is 3. The van der Waals surface area contributed by atoms with Crippen LogP contribution >= 0.6 is 0 Å². The van der Waals surface area contributed by atoms with E-state index in [4.69, 9.17) is 9.47 Å². The summed E-state index contributed by atoms with van der Waals surface area (Å²) in [5, 5.41) is 0. The molecular weight excluding hydrogens is 420 g/mol. The summed E-state index contributed by atoms with van der Waals surface area (Å²) in [4.78, 5) is 40.7. The number of imide groups is 1. The molecular formula is C26H28N2O5. The molecule has 2 aromatic rings. The van der Waals surface area contributed by atoms with Crippen LogP contribution in [-0.2, 0) is 14.3 Å². The van der Waals surface area contributed by atoms with E-state index in [-0.39, 0.29) is 37.4 Å². The number of rotatable bonds is 2. The number of fused-ring (bicyclic) bond motifs is 4. The van der Waals surface area contributed by atoms with Crippen molar-refractivity contribution in [1.82, 2.24) is 9.80 Å². The molecule has 2 heterocycles. The molecule has 33 heavy (non-hydrogen) atoms. The van der Waals surface area contributed by atoms with E-state index in [1.165, 1.54) is 16.0 Å². The quantitative estimate of drug-likeness (QED) is 0.686. The van der Waals surface area contributed by atoms with Gasteiger partial charge < -0.3 is 14.4 Å². The third-order valence-electron chi connectivity index (χ3n) is 6.65. The second-order valence-electron chi connectivity index (χ2n) is 10.0. The van der Waals surface area contributed by atoms with E-state index in [9.17, 15) is 14.4 Å². The minimum absolute atomic E-state index is 0.00672. The van der Waals surface area contributed by atoms with Crippen molar-refractivity contribution in [2.75, 3.05) is 26.2 Å². The summed E-state index contributed by atoms with van der Waals surface area (Å²) in [6, 6.07) is 16.4. The third-order valence-corrected chi connectivity index (χ3v) is 6.65. The molecule has 2 fully saturated rings. The predicted octanol–water partition coefficient (Wildman–Crippen LogP) is 4.26. The molecule has 1 aliphatic carbocycles. The van der Waals surface area contributed by atoms with Crippen LogP contribution in [0.2, 0.25) is 0 Å². The van der Waals surface area contributed by atoms with E-state index in [0.717, 1.165) is 11.1 Å². The Hall–Kier alpha value is -3.35. The van der Waals surface area contributed by atoms with Gasteiger partial charge in [0.2, 0.25) is 5.91 Å². The molecule has 2 saturated heterocycles. The van der Waals surface area contributed by atoms with Crippen molar-refractivity contribution >= 4 is 18.1 Å². The van der Waals surface area contributed by atoms with Gasteiger partial charge in [-0.3, -0.25) is 4.79 Å². The molecule has 2 atom stereocenters. The normalized spacial score (nSPS) is 21.6. The number of benzene rings is 2. The van der Waals surface area contributed by atoms with Crippen LogP contribution < -0.4 is 0 Å². The molecule has 0 N–H and O–H groups in total. The summed E-state index contributed by atoms with van der Waals surface area (Å²) in [5.41, 5.74) is 4.01. The van der Waals surface area contributed by atoms with Crippen LogP contribution in [0.25, 0.3) is 11.1 Å². The maximum absolute atomic E-state index is 12.9. The van der Waals surface area contributed by atoms with Gasteiger partial charge in [-0.2, -0.15) is 0 Å². The van der Waals surface area contributed by atoms with Gasteiger partial charge in [0.05, 0.1) is 5.92 Å². The maximum Gasteiger partial charge on any atom is 0.417 e. The maximum atomic E-state index is 12.9. The molecule has 0 bridgehead atoms. The monoisotopic (exact) mass is 448 g/mol. The second-order valence-corrected chi connectivity index (χ2v) is 10.0. The number of hydrogen-bond acceptors (Lipinski definition) is 5. The standard InChI is InChI=1S/C26H28N2O5/c1-26(2,3)33-25(31)28-13-16-12-27(14-21(16)23(28)29)24(30)32-15-22-19-10-6-4-8-17(19)18-9-5-7-11-20(18)22/h4-11,16,21-22H,12-15H2,1-3H3. The lowest BCUT2D eigenvalue weighted by Gasteiger charge is -2.25. The Morgan fingerprint density at radius 3 is 2.09 bits per heavy atom. The van der Waals surface area contributed by atoms with E-state index in [0.29, 0.717) is 6.54 Å². The van der Waals surface area contributed by atoms with E-state index >= 15 is 0 Å². The van der Waals surface area contributed by atoms with Crippen molar-refractivity contribution in [2.45, 2.75) is 32.3 Å². The van der Waals surface area contributed by atoms with Crippen molar-refractivity contribution in [1.29, 1.82) is 0 Å². The van der Waals surface area contributed by atoms with Crippen molar-refractivity contribution < 1.29 is 23.9 Å². The van der Waals surface area contributed by atoms with Gasteiger partial charge in [-0.05, 0) is 43.0 Å². The van der Waals surface area contributed by atoms with Gasteiger partial charge in [-0.1, -0.05) is 48.5 Å². The van der Waals surface area contributed by atoms with Crippen molar-refractivity contribution in [3.63, 3.8) is 0 Å². The van der Waals surface area contributed by atoms with Gasteiger partial charge in [0.25, 0.3) is 0 Å². The van der Waals surface area contributed by atoms with Crippen molar-refractivity contribution in [3.05, 3.63) is 59.7 Å². The summed E-state index contributed by atoms with van der Waals surface area (Å²) in [6.45, 7) is 6.48. The van der Waals surface area contributed by atoms with Gasteiger partial charge in [0, 0.05) is 31.5 Å². The Morgan fingerprint density at radius 2 is 1.52 bits per heavy atom. The zero-order valence-corrected chi connectivity index (χ0v) is 19.1. The van der Waals surface area contributed by atoms with Gasteiger partial charge in [0.15, 0.2) is 0 Å². The van der Waals surface area contributed by atoms with E-state index in [2.05, 4.69) is 24.3 Å². The number of likely N-dealkylation sites (tertiary alicyclic amines) is 2. The number of carbonyl (C=O) groups excluding carboxylic acids is 3. The molecule has 2 aromatic carbocycles. The number of nitrogens with zero attached hydrogens (tertiary/aromatic N) is 2. The van der Waals surface area contributed by atoms with Gasteiger partial charge in [-0.15, -0.1) is 0 Å². The number of ether oxygens (including phenoxy) is 2. The smallest absolute Gasteiger partial charge is 0.417 e. The molecule has 0 saturated carbocycles. The molecule has 0 radical (unpaired) electrons. The van der Waals surface area contributed by atoms with E-state index in [1.807, 2.05) is 24.3 Å². The summed E-state index contributed by atoms with van der Waals surface area (Å²) in [6.07, 6.45) is -1.03. The highest BCUT2D eigenvalue weighted by Crippen LogP contribution is 2.44. The number of hydrogen-bond donors (Lipinski definition) is 0. The van der Waals surface area contributed by atoms with Crippen LogP contribution in [0.3, 0.4) is 0 Å². The molecule has 3 aliphatic rings. The minimum atomic E-state index is -0.664. The van der Waals surface area contributed by atoms with Crippen LogP contribution in [0, 0.1) is 11.8 Å². The fraction of sp³-hybridized carbons (Fsp3) is 0.423. The fourth-order valence-corrected chi connectivity index (χ4v) is 5.18. The molecule has 0 spiro atoms. The van der Waals surface area contributed by atoms with Crippen LogP contribution in [0.15, 0.2) is 48.5 Å². The lowest BCUT2D eigenvalue weighted by molar-refractivity contribution is -0.130. The summed E-state index contributed by atoms with van der Waals surface area (Å²) in [5.74, 6) is -0.764. The van der Waals surface area contributed by atoms with Crippen molar-refractivity contribution in [2.24, 2.45) is 11.8 Å². The minimum Gasteiger partial charge on any atom is -0.448 e. The molecule has 3 amide bonds. The van der Waals surface area contributed by atoms with Crippen LogP contribution in [-0.4, -0.2) is 59.7 Å². The average molecular weight is 449 g/mol. The molecule has 2 aliphatic heterocycles. The average Bonchev–Trinajstić information content (AvgIpc) is 3.42. The first-order valence-electron chi connectivity index (χ1n) is 11.4. The first-order chi connectivity index (χ1) is 15.7. The van der Waals surface area contributed by atoms with Crippen LogP contribution in [0.4, 0.5) is 9.59 Å². The largest absolute Gasteiger partial charge is 0.448 e. The van der Waals surface area contributed by atoms with Gasteiger partial charge >= 0.3 is 12.2 Å². The number of carbonyl (C=O) groups is 3. The van der Waals surface area contributed by atoms with Gasteiger partial charge in [0.1, 0.15) is 12.2 Å². The van der Waals surface area contributed by atoms with Crippen LogP contribution in [0.1, 0.15) is 37.8 Å². The fourth-order valence-electron chi connectivity index (χ4n) is 5.18. The lowest BCUT2D eigenvalue weighted by Crippen LogP contribution is -2.41. The Morgan fingerprint density at radius 1 is 0.909 bits per heavy atom. The summed E-state index contributed by atoms with van der Waals surface area (Å²) in [7, 11) is 0. The predicted molar refractivity (Wildman–Crippen MR) is 122 cm³/mol. The zero-order valence-electron chi connectivity index (χ0n) is 19.1. The SMILES string of the molecule is CC(C)(C)OC(=O)N1CC2CN(C(=O)OCC3c4ccccc4-c4ccccc43)CC2C1=O. The molecule has 2 unspecified atom stereocenters. The Labute approximate surface area is 193 Å². The highest BCUT2D eigenvalue weighted by molar-refractivity contribution is 5.96. The van der Waals surface area contributed by atoms with Gasteiger partial charge in [-0.25, -0.2) is 14.5 Å². The highest BCUT2D eigenvalue weighted by atomic mass is 16.6. The molecule has 172 valence electrons. The Bertz CT molecular complexity index is 1080. The second kappa shape index (κ2) is 7.90.